The molecule has 7 nitrogen and oxygen atoms in total. The predicted molar refractivity (Wildman–Crippen MR) is 93.4 cm³/mol. The van der Waals surface area contributed by atoms with E-state index in [0.717, 1.165) is 49.7 Å². The van der Waals surface area contributed by atoms with E-state index in [1.807, 2.05) is 25.6 Å². The zero-order chi connectivity index (χ0) is 16.8. The minimum atomic E-state index is 0.654. The number of aromatic nitrogens is 3. The molecule has 2 heterocycles. The minimum absolute atomic E-state index is 0.654. The summed E-state index contributed by atoms with van der Waals surface area (Å²) in [4.78, 5) is 9.30. The molecule has 130 valence electrons. The Hall–Kier alpha value is -1.63. The lowest BCUT2D eigenvalue weighted by molar-refractivity contribution is 0.255. The Kier molecular flexibility index (Phi) is 6.38. The highest BCUT2D eigenvalue weighted by Crippen LogP contribution is 2.17. The number of hydrogen-bond donors (Lipinski definition) is 1. The summed E-state index contributed by atoms with van der Waals surface area (Å²) in [5.74, 6) is 3.55. The minimum Gasteiger partial charge on any atom is -0.349 e. The standard InChI is InChI=1S/C16H31N7/c1-6-22(7-2)11-14-8-9-23(12-14)16(17-4)18-10-15-20-19-13(3)21(15)5/h14H,6-12H2,1-5H3,(H,17,18). The van der Waals surface area contributed by atoms with Crippen molar-refractivity contribution in [3.63, 3.8) is 0 Å². The first-order valence-electron chi connectivity index (χ1n) is 8.61. The molecule has 2 rings (SSSR count). The molecule has 23 heavy (non-hydrogen) atoms. The summed E-state index contributed by atoms with van der Waals surface area (Å²) in [7, 11) is 3.84. The van der Waals surface area contributed by atoms with Crippen LogP contribution in [0.5, 0.6) is 0 Å². The van der Waals surface area contributed by atoms with Crippen LogP contribution in [0.25, 0.3) is 0 Å². The van der Waals surface area contributed by atoms with Crippen molar-refractivity contribution in [2.45, 2.75) is 33.7 Å². The third-order valence-electron chi connectivity index (χ3n) is 4.80. The third-order valence-corrected chi connectivity index (χ3v) is 4.80. The van der Waals surface area contributed by atoms with Crippen LogP contribution < -0.4 is 5.32 Å². The quantitative estimate of drug-likeness (QED) is 0.622. The second-order valence-electron chi connectivity index (χ2n) is 6.21. The van der Waals surface area contributed by atoms with E-state index < -0.39 is 0 Å². The predicted octanol–water partition coefficient (Wildman–Crippen LogP) is 0.863. The molecule has 1 saturated heterocycles. The maximum atomic E-state index is 4.44. The number of aryl methyl sites for hydroxylation is 1. The van der Waals surface area contributed by atoms with Gasteiger partial charge in [-0.05, 0) is 32.4 Å². The van der Waals surface area contributed by atoms with Gasteiger partial charge in [0.25, 0.3) is 0 Å². The average molecular weight is 321 g/mol. The van der Waals surface area contributed by atoms with E-state index in [4.69, 9.17) is 0 Å². The maximum absolute atomic E-state index is 4.44. The molecule has 0 spiro atoms. The van der Waals surface area contributed by atoms with Gasteiger partial charge in [0.05, 0.1) is 6.54 Å². The van der Waals surface area contributed by atoms with Crippen molar-refractivity contribution in [2.24, 2.45) is 18.0 Å². The normalized spacial score (nSPS) is 19.0. The maximum Gasteiger partial charge on any atom is 0.194 e. The van der Waals surface area contributed by atoms with Gasteiger partial charge in [0.15, 0.2) is 11.8 Å². The summed E-state index contributed by atoms with van der Waals surface area (Å²) in [6, 6.07) is 0. The van der Waals surface area contributed by atoms with Crippen LogP contribution in [0, 0.1) is 12.8 Å². The summed E-state index contributed by atoms with van der Waals surface area (Å²) in [5.41, 5.74) is 0. The molecule has 0 saturated carbocycles. The van der Waals surface area contributed by atoms with Crippen molar-refractivity contribution in [1.29, 1.82) is 0 Å². The van der Waals surface area contributed by atoms with E-state index in [1.165, 1.54) is 13.0 Å². The number of nitrogens with zero attached hydrogens (tertiary/aromatic N) is 6. The lowest BCUT2D eigenvalue weighted by Gasteiger charge is -2.24. The summed E-state index contributed by atoms with van der Waals surface area (Å²) >= 11 is 0. The molecule has 0 aromatic carbocycles. The Morgan fingerprint density at radius 1 is 1.35 bits per heavy atom. The fourth-order valence-corrected chi connectivity index (χ4v) is 3.12. The number of guanidine groups is 1. The molecule has 1 N–H and O–H groups in total. The van der Waals surface area contributed by atoms with Gasteiger partial charge < -0.3 is 19.7 Å². The van der Waals surface area contributed by atoms with E-state index in [2.05, 4.69) is 44.2 Å². The van der Waals surface area contributed by atoms with Crippen LogP contribution in [0.1, 0.15) is 31.9 Å². The van der Waals surface area contributed by atoms with E-state index >= 15 is 0 Å². The van der Waals surface area contributed by atoms with E-state index in [0.29, 0.717) is 6.54 Å². The second-order valence-corrected chi connectivity index (χ2v) is 6.21. The van der Waals surface area contributed by atoms with Gasteiger partial charge in [-0.25, -0.2) is 0 Å². The topological polar surface area (TPSA) is 61.6 Å². The van der Waals surface area contributed by atoms with Crippen molar-refractivity contribution in [3.8, 4) is 0 Å². The number of hydrogen-bond acceptors (Lipinski definition) is 4. The Bertz CT molecular complexity index is 518. The van der Waals surface area contributed by atoms with Crippen molar-refractivity contribution < 1.29 is 0 Å². The Morgan fingerprint density at radius 3 is 2.65 bits per heavy atom. The Morgan fingerprint density at radius 2 is 2.09 bits per heavy atom. The van der Waals surface area contributed by atoms with Gasteiger partial charge in [-0.15, -0.1) is 10.2 Å². The molecule has 7 heteroatoms. The monoisotopic (exact) mass is 321 g/mol. The van der Waals surface area contributed by atoms with Crippen LogP contribution in [-0.4, -0.2) is 70.3 Å². The molecular weight excluding hydrogens is 290 g/mol. The van der Waals surface area contributed by atoms with Crippen LogP contribution in [0.3, 0.4) is 0 Å². The van der Waals surface area contributed by atoms with Gasteiger partial charge >= 0.3 is 0 Å². The summed E-state index contributed by atoms with van der Waals surface area (Å²) in [6.45, 7) is 12.7. The smallest absolute Gasteiger partial charge is 0.194 e. The molecule has 1 atom stereocenters. The number of aliphatic imine (C=N–C) groups is 1. The highest BCUT2D eigenvalue weighted by molar-refractivity contribution is 5.80. The Balaban J connectivity index is 1.86. The fourth-order valence-electron chi connectivity index (χ4n) is 3.12. The summed E-state index contributed by atoms with van der Waals surface area (Å²) in [5, 5.41) is 11.7. The number of likely N-dealkylation sites (tertiary alicyclic amines) is 1. The van der Waals surface area contributed by atoms with Crippen LogP contribution in [0.2, 0.25) is 0 Å². The van der Waals surface area contributed by atoms with Gasteiger partial charge in [0.2, 0.25) is 0 Å². The molecule has 1 aliphatic heterocycles. The van der Waals surface area contributed by atoms with Crippen molar-refractivity contribution in [1.82, 2.24) is 29.9 Å². The van der Waals surface area contributed by atoms with Crippen LogP contribution in [0.15, 0.2) is 4.99 Å². The lowest BCUT2D eigenvalue weighted by atomic mass is 10.1. The average Bonchev–Trinajstić information content (AvgIpc) is 3.15. The van der Waals surface area contributed by atoms with Gasteiger partial charge in [-0.3, -0.25) is 4.99 Å². The SMILES string of the molecule is CCN(CC)CC1CCN(C(=NC)NCc2nnc(C)n2C)C1. The molecular formula is C16H31N7. The zero-order valence-corrected chi connectivity index (χ0v) is 15.2. The molecule has 0 aliphatic carbocycles. The summed E-state index contributed by atoms with van der Waals surface area (Å²) in [6.07, 6.45) is 1.24. The number of rotatable bonds is 6. The van der Waals surface area contributed by atoms with Crippen molar-refractivity contribution in [3.05, 3.63) is 11.6 Å². The first kappa shape index (κ1) is 17.7. The van der Waals surface area contributed by atoms with Crippen LogP contribution in [-0.2, 0) is 13.6 Å². The highest BCUT2D eigenvalue weighted by atomic mass is 15.3. The van der Waals surface area contributed by atoms with Crippen LogP contribution >= 0.6 is 0 Å². The molecule has 0 amide bonds. The highest BCUT2D eigenvalue weighted by Gasteiger charge is 2.26. The first-order chi connectivity index (χ1) is 11.1. The van der Waals surface area contributed by atoms with Gasteiger partial charge in [0.1, 0.15) is 5.82 Å². The first-order valence-corrected chi connectivity index (χ1v) is 8.61. The third kappa shape index (κ3) is 4.43. The van der Waals surface area contributed by atoms with Crippen molar-refractivity contribution >= 4 is 5.96 Å². The molecule has 1 aromatic heterocycles. The van der Waals surface area contributed by atoms with Crippen LogP contribution in [0.4, 0.5) is 0 Å². The molecule has 1 unspecified atom stereocenters. The van der Waals surface area contributed by atoms with Gasteiger partial charge in [-0.1, -0.05) is 13.8 Å². The zero-order valence-electron chi connectivity index (χ0n) is 15.2. The molecule has 0 radical (unpaired) electrons. The van der Waals surface area contributed by atoms with E-state index in [-0.39, 0.29) is 0 Å². The van der Waals surface area contributed by atoms with E-state index in [1.54, 1.807) is 0 Å². The molecule has 1 fully saturated rings. The number of nitrogens with one attached hydrogen (secondary N) is 1. The largest absolute Gasteiger partial charge is 0.349 e. The fraction of sp³-hybridized carbons (Fsp3) is 0.812. The molecule has 1 aliphatic rings. The molecule has 1 aromatic rings. The van der Waals surface area contributed by atoms with Crippen molar-refractivity contribution in [2.75, 3.05) is 39.8 Å². The lowest BCUT2D eigenvalue weighted by Crippen LogP contribution is -2.40. The van der Waals surface area contributed by atoms with Gasteiger partial charge in [-0.2, -0.15) is 0 Å². The van der Waals surface area contributed by atoms with Gasteiger partial charge in [0, 0.05) is 33.7 Å². The summed E-state index contributed by atoms with van der Waals surface area (Å²) < 4.78 is 2.01. The molecule has 0 bridgehead atoms. The second kappa shape index (κ2) is 8.29. The Labute approximate surface area is 139 Å². The van der Waals surface area contributed by atoms with E-state index in [9.17, 15) is 0 Å².